The van der Waals surface area contributed by atoms with Gasteiger partial charge in [0.15, 0.2) is 0 Å². The lowest BCUT2D eigenvalue weighted by Gasteiger charge is -2.22. The fourth-order valence-electron chi connectivity index (χ4n) is 4.16. The van der Waals surface area contributed by atoms with Gasteiger partial charge in [0.2, 0.25) is 5.89 Å². The topological polar surface area (TPSA) is 95.5 Å². The molecule has 0 radical (unpaired) electrons. The molecule has 226 valence electrons. The first-order valence-electron chi connectivity index (χ1n) is 13.7. The average molecular weight is 604 g/mol. The first-order chi connectivity index (χ1) is 21.3. The molecule has 5 rings (SSSR count). The van der Waals surface area contributed by atoms with E-state index in [2.05, 4.69) is 15.3 Å². The van der Waals surface area contributed by atoms with Crippen molar-refractivity contribution in [3.05, 3.63) is 126 Å². The van der Waals surface area contributed by atoms with Gasteiger partial charge in [-0.1, -0.05) is 47.7 Å². The van der Waals surface area contributed by atoms with E-state index < -0.39 is 17.8 Å². The fourth-order valence-corrected chi connectivity index (χ4v) is 4.16. The Hall–Kier alpha value is -5.39. The van der Waals surface area contributed by atoms with Crippen LogP contribution in [0.2, 0.25) is 0 Å². The summed E-state index contributed by atoms with van der Waals surface area (Å²) in [5.41, 5.74) is 1.92. The van der Waals surface area contributed by atoms with Gasteiger partial charge in [0.05, 0.1) is 11.8 Å². The normalized spacial score (nSPS) is 11.5. The van der Waals surface area contributed by atoms with Crippen LogP contribution in [-0.2, 0) is 30.7 Å². The molecule has 0 aliphatic carbocycles. The number of aromatic nitrogens is 4. The maximum absolute atomic E-state index is 13.1. The molecule has 0 N–H and O–H groups in total. The van der Waals surface area contributed by atoms with Crippen molar-refractivity contribution < 1.29 is 31.9 Å². The number of aryl methyl sites for hydroxylation is 1. The van der Waals surface area contributed by atoms with Crippen molar-refractivity contribution in [2.75, 3.05) is 11.4 Å². The Kier molecular flexibility index (Phi) is 9.70. The van der Waals surface area contributed by atoms with Crippen LogP contribution in [0.3, 0.4) is 0 Å². The highest BCUT2D eigenvalue weighted by Gasteiger charge is 2.29. The number of anilines is 1. The number of alkyl halides is 3. The summed E-state index contributed by atoms with van der Waals surface area (Å²) in [6.07, 6.45) is 3.76. The quantitative estimate of drug-likeness (QED) is 0.148. The molecule has 0 aliphatic heterocycles. The molecule has 0 saturated carbocycles. The lowest BCUT2D eigenvalue weighted by molar-refractivity contribution is -0.137. The summed E-state index contributed by atoms with van der Waals surface area (Å²) in [5.74, 6) is 0.841. The van der Waals surface area contributed by atoms with Gasteiger partial charge in [0, 0.05) is 31.0 Å². The monoisotopic (exact) mass is 603 g/mol. The van der Waals surface area contributed by atoms with Crippen LogP contribution in [0.15, 0.2) is 102 Å². The van der Waals surface area contributed by atoms with Crippen molar-refractivity contribution >= 4 is 23.9 Å². The van der Waals surface area contributed by atoms with Gasteiger partial charge < -0.3 is 13.9 Å². The minimum atomic E-state index is -4.38. The van der Waals surface area contributed by atoms with E-state index in [4.69, 9.17) is 13.9 Å². The maximum Gasteiger partial charge on any atom is 0.416 e. The second-order valence-corrected chi connectivity index (χ2v) is 9.62. The number of ether oxygens (including phenoxy) is 2. The highest BCUT2D eigenvalue weighted by atomic mass is 19.4. The highest BCUT2D eigenvalue weighted by Crippen LogP contribution is 2.29. The van der Waals surface area contributed by atoms with Crippen LogP contribution in [0.1, 0.15) is 34.7 Å². The number of carbonyl (C=O) groups is 1. The Morgan fingerprint density at radius 1 is 0.955 bits per heavy atom. The number of halogens is 3. The predicted octanol–water partition coefficient (Wildman–Crippen LogP) is 7.27. The minimum Gasteiger partial charge on any atom is -0.487 e. The van der Waals surface area contributed by atoms with E-state index >= 15 is 0 Å². The minimum absolute atomic E-state index is 0.123. The number of hydrogen-bond acceptors (Lipinski definition) is 7. The molecule has 2 aromatic heterocycles. The number of rotatable bonds is 12. The molecule has 44 heavy (non-hydrogen) atoms. The first-order valence-corrected chi connectivity index (χ1v) is 13.7. The number of carbonyl (C=O) groups excluding carboxylic acids is 1. The third kappa shape index (κ3) is 8.57. The summed E-state index contributed by atoms with van der Waals surface area (Å²) < 4.78 is 56.8. The first kappa shape index (κ1) is 30.1. The van der Waals surface area contributed by atoms with Crippen LogP contribution in [0.4, 0.5) is 23.7 Å². The predicted molar refractivity (Wildman–Crippen MR) is 156 cm³/mol. The van der Waals surface area contributed by atoms with Crippen molar-refractivity contribution in [1.29, 1.82) is 0 Å². The number of amides is 1. The molecule has 0 fully saturated rings. The van der Waals surface area contributed by atoms with Crippen LogP contribution in [0, 0.1) is 0 Å². The molecule has 0 spiro atoms. The molecular weight excluding hydrogens is 575 g/mol. The van der Waals surface area contributed by atoms with Crippen LogP contribution in [0.5, 0.6) is 5.75 Å². The smallest absolute Gasteiger partial charge is 0.416 e. The number of nitrogens with zero attached hydrogens (tertiary/aromatic N) is 5. The lowest BCUT2D eigenvalue weighted by atomic mass is 10.1. The molecule has 5 aromatic rings. The Labute approximate surface area is 251 Å². The molecule has 0 atom stereocenters. The van der Waals surface area contributed by atoms with Gasteiger partial charge in [0.25, 0.3) is 0 Å². The summed E-state index contributed by atoms with van der Waals surface area (Å²) in [6.45, 7) is 1.26. The molecule has 0 aliphatic rings. The molecule has 9 nitrogen and oxygen atoms in total. The molecule has 1 amide bonds. The number of hydrogen-bond donors (Lipinski definition) is 0. The Balaban J connectivity index is 1.17. The van der Waals surface area contributed by atoms with Gasteiger partial charge in [-0.15, -0.1) is 5.10 Å². The van der Waals surface area contributed by atoms with Gasteiger partial charge in [-0.2, -0.15) is 13.2 Å². The zero-order valence-corrected chi connectivity index (χ0v) is 23.4. The van der Waals surface area contributed by atoms with Gasteiger partial charge in [-0.3, -0.25) is 9.58 Å². The Bertz CT molecular complexity index is 1640. The second-order valence-electron chi connectivity index (χ2n) is 9.62. The van der Waals surface area contributed by atoms with E-state index in [1.165, 1.54) is 18.4 Å². The average Bonchev–Trinajstić information content (AvgIpc) is 3.73. The Morgan fingerprint density at radius 3 is 2.43 bits per heavy atom. The summed E-state index contributed by atoms with van der Waals surface area (Å²) >= 11 is 0. The van der Waals surface area contributed by atoms with E-state index in [-0.39, 0.29) is 19.1 Å². The third-order valence-corrected chi connectivity index (χ3v) is 6.43. The standard InChI is InChI=1S/C32H28F3N5O4/c33-32(34,35)26-10-7-24(8-11-26)9-16-30-37-27(23-43-30)22-42-29-14-12-28(13-15-29)40(19-4-18-39-20-17-36-38-39)31(41)44-21-25-5-2-1-3-6-25/h1-3,5-17,20,23H,4,18-19,21-22H2/b16-9+. The molecule has 2 heterocycles. The van der Waals surface area contributed by atoms with Crippen molar-refractivity contribution in [3.8, 4) is 5.75 Å². The van der Waals surface area contributed by atoms with E-state index in [1.807, 2.05) is 30.3 Å². The van der Waals surface area contributed by atoms with Gasteiger partial charge in [0.1, 0.15) is 30.9 Å². The summed E-state index contributed by atoms with van der Waals surface area (Å²) in [5, 5.41) is 7.77. The fraction of sp³-hybridized carbons (Fsp3) is 0.188. The summed E-state index contributed by atoms with van der Waals surface area (Å²) in [6, 6.07) is 21.3. The molecule has 0 unspecified atom stereocenters. The molecular formula is C32H28F3N5O4. The van der Waals surface area contributed by atoms with E-state index in [0.717, 1.165) is 17.7 Å². The third-order valence-electron chi connectivity index (χ3n) is 6.43. The van der Waals surface area contributed by atoms with E-state index in [0.29, 0.717) is 42.2 Å². The lowest BCUT2D eigenvalue weighted by Crippen LogP contribution is -2.33. The summed E-state index contributed by atoms with van der Waals surface area (Å²) in [4.78, 5) is 19.0. The van der Waals surface area contributed by atoms with Gasteiger partial charge in [-0.05, 0) is 60.0 Å². The largest absolute Gasteiger partial charge is 0.487 e. The van der Waals surface area contributed by atoms with Crippen LogP contribution >= 0.6 is 0 Å². The zero-order chi connectivity index (χ0) is 30.8. The highest BCUT2D eigenvalue weighted by molar-refractivity contribution is 5.87. The SMILES string of the molecule is O=C(OCc1ccccc1)N(CCCn1ccnn1)c1ccc(OCc2coc(/C=C/c3ccc(C(F)(F)F)cc3)n2)cc1. The number of oxazole rings is 1. The summed E-state index contributed by atoms with van der Waals surface area (Å²) in [7, 11) is 0. The zero-order valence-electron chi connectivity index (χ0n) is 23.4. The van der Waals surface area contributed by atoms with Crippen molar-refractivity contribution in [2.24, 2.45) is 0 Å². The Morgan fingerprint density at radius 2 is 1.73 bits per heavy atom. The molecule has 3 aromatic carbocycles. The van der Waals surface area contributed by atoms with E-state index in [1.54, 1.807) is 58.4 Å². The maximum atomic E-state index is 13.1. The molecule has 0 saturated heterocycles. The van der Waals surface area contributed by atoms with Crippen molar-refractivity contribution in [3.63, 3.8) is 0 Å². The van der Waals surface area contributed by atoms with Crippen LogP contribution in [0.25, 0.3) is 12.2 Å². The van der Waals surface area contributed by atoms with Crippen molar-refractivity contribution in [2.45, 2.75) is 32.4 Å². The van der Waals surface area contributed by atoms with Crippen LogP contribution < -0.4 is 9.64 Å². The second kappa shape index (κ2) is 14.2. The molecule has 0 bridgehead atoms. The van der Waals surface area contributed by atoms with Crippen LogP contribution in [-0.4, -0.2) is 32.6 Å². The van der Waals surface area contributed by atoms with Gasteiger partial charge >= 0.3 is 12.3 Å². The molecule has 12 heteroatoms. The van der Waals surface area contributed by atoms with Crippen molar-refractivity contribution in [1.82, 2.24) is 20.0 Å². The van der Waals surface area contributed by atoms with E-state index in [9.17, 15) is 18.0 Å². The number of benzene rings is 3. The van der Waals surface area contributed by atoms with Gasteiger partial charge in [-0.25, -0.2) is 9.78 Å².